The molecule has 0 saturated heterocycles. The number of rotatable bonds is 4. The number of ether oxygens (including phenoxy) is 1. The number of methoxy groups -OCH3 is 1. The molecule has 2 rings (SSSR count). The van der Waals surface area contributed by atoms with Crippen LogP contribution in [0.3, 0.4) is 0 Å². The third kappa shape index (κ3) is 3.97. The van der Waals surface area contributed by atoms with Crippen LogP contribution in [-0.2, 0) is 12.7 Å². The van der Waals surface area contributed by atoms with Gasteiger partial charge >= 0.3 is 6.18 Å². The van der Waals surface area contributed by atoms with Gasteiger partial charge in [-0.05, 0) is 23.8 Å². The molecule has 0 spiro atoms. The molecule has 7 heteroatoms. The Morgan fingerprint density at radius 2 is 1.91 bits per heavy atom. The number of halogens is 3. The first-order chi connectivity index (χ1) is 10.4. The van der Waals surface area contributed by atoms with Crippen molar-refractivity contribution in [3.05, 3.63) is 59.3 Å². The third-order valence-corrected chi connectivity index (χ3v) is 2.95. The van der Waals surface area contributed by atoms with Crippen molar-refractivity contribution in [2.45, 2.75) is 12.7 Å². The Labute approximate surface area is 125 Å². The smallest absolute Gasteiger partial charge is 0.416 e. The van der Waals surface area contributed by atoms with E-state index in [0.29, 0.717) is 17.0 Å². The normalized spacial score (nSPS) is 12.3. The lowest BCUT2D eigenvalue weighted by atomic mass is 10.1. The van der Waals surface area contributed by atoms with Crippen LogP contribution >= 0.6 is 0 Å². The predicted octanol–water partition coefficient (Wildman–Crippen LogP) is 3.01. The number of benzene rings is 1. The number of nitrogens with zero attached hydrogens (tertiary/aromatic N) is 2. The summed E-state index contributed by atoms with van der Waals surface area (Å²) in [6.45, 7) is 0.189. The highest BCUT2D eigenvalue weighted by Gasteiger charge is 2.29. The molecular weight excluding hydrogens is 295 g/mol. The molecule has 0 saturated carbocycles. The maximum atomic E-state index is 12.5. The number of aliphatic imine (C=N–C) groups is 1. The minimum absolute atomic E-state index is 0.189. The molecule has 0 fully saturated rings. The lowest BCUT2D eigenvalue weighted by Crippen LogP contribution is -2.14. The van der Waals surface area contributed by atoms with Crippen molar-refractivity contribution < 1.29 is 17.9 Å². The number of hydrogen-bond donors (Lipinski definition) is 1. The second kappa shape index (κ2) is 6.46. The van der Waals surface area contributed by atoms with E-state index in [0.717, 1.165) is 12.1 Å². The van der Waals surface area contributed by atoms with Crippen LogP contribution < -0.4 is 10.5 Å². The minimum Gasteiger partial charge on any atom is -0.481 e. The molecule has 1 aromatic heterocycles. The number of nitrogens with two attached hydrogens (primary N) is 1. The fraction of sp³-hybridized carbons (Fsp3) is 0.200. The number of alkyl halides is 3. The van der Waals surface area contributed by atoms with Crippen LogP contribution in [0, 0.1) is 0 Å². The van der Waals surface area contributed by atoms with E-state index in [9.17, 15) is 13.2 Å². The van der Waals surface area contributed by atoms with Gasteiger partial charge in [0.25, 0.3) is 0 Å². The Morgan fingerprint density at radius 1 is 1.23 bits per heavy atom. The van der Waals surface area contributed by atoms with Crippen molar-refractivity contribution in [3.8, 4) is 5.88 Å². The third-order valence-electron chi connectivity index (χ3n) is 2.95. The highest BCUT2D eigenvalue weighted by molar-refractivity contribution is 5.97. The van der Waals surface area contributed by atoms with E-state index in [1.54, 1.807) is 12.1 Å². The van der Waals surface area contributed by atoms with Gasteiger partial charge in [0.15, 0.2) is 0 Å². The zero-order chi connectivity index (χ0) is 16.2. The molecule has 0 atom stereocenters. The summed E-state index contributed by atoms with van der Waals surface area (Å²) in [5, 5.41) is 0. The summed E-state index contributed by atoms with van der Waals surface area (Å²) in [5.41, 5.74) is 6.44. The van der Waals surface area contributed by atoms with Crippen LogP contribution in [-0.4, -0.2) is 17.9 Å². The summed E-state index contributed by atoms with van der Waals surface area (Å²) >= 11 is 0. The standard InChI is InChI=1S/C15H14F3N3O/c1-22-13-8-11(6-7-20-13)14(19)21-9-10-2-4-12(5-3-10)15(16,17)18/h2-8H,9H2,1H3,(H2,19,21). The number of hydrogen-bond acceptors (Lipinski definition) is 3. The second-order valence-electron chi connectivity index (χ2n) is 4.48. The molecule has 0 aliphatic rings. The van der Waals surface area contributed by atoms with E-state index in [-0.39, 0.29) is 12.4 Å². The fourth-order valence-corrected chi connectivity index (χ4v) is 1.75. The van der Waals surface area contributed by atoms with Gasteiger partial charge in [0.05, 0.1) is 19.2 Å². The fourth-order valence-electron chi connectivity index (χ4n) is 1.75. The molecule has 1 aromatic carbocycles. The molecular formula is C15H14F3N3O. The van der Waals surface area contributed by atoms with Crippen LogP contribution in [0.15, 0.2) is 47.6 Å². The zero-order valence-electron chi connectivity index (χ0n) is 11.8. The average Bonchev–Trinajstić information content (AvgIpc) is 2.52. The molecule has 4 nitrogen and oxygen atoms in total. The summed E-state index contributed by atoms with van der Waals surface area (Å²) in [6, 6.07) is 8.12. The van der Waals surface area contributed by atoms with Crippen LogP contribution in [0.2, 0.25) is 0 Å². The molecule has 0 radical (unpaired) electrons. The van der Waals surface area contributed by atoms with Crippen LogP contribution in [0.25, 0.3) is 0 Å². The van der Waals surface area contributed by atoms with E-state index in [2.05, 4.69) is 9.98 Å². The van der Waals surface area contributed by atoms with Gasteiger partial charge < -0.3 is 10.5 Å². The van der Waals surface area contributed by atoms with Gasteiger partial charge in [-0.15, -0.1) is 0 Å². The molecule has 2 N–H and O–H groups in total. The molecule has 0 aliphatic carbocycles. The van der Waals surface area contributed by atoms with Crippen molar-refractivity contribution >= 4 is 5.84 Å². The van der Waals surface area contributed by atoms with E-state index in [1.807, 2.05) is 0 Å². The average molecular weight is 309 g/mol. The van der Waals surface area contributed by atoms with Gasteiger partial charge in [-0.25, -0.2) is 4.98 Å². The van der Waals surface area contributed by atoms with Crippen LogP contribution in [0.1, 0.15) is 16.7 Å². The van der Waals surface area contributed by atoms with Crippen molar-refractivity contribution in [2.75, 3.05) is 7.11 Å². The van der Waals surface area contributed by atoms with E-state index >= 15 is 0 Å². The Hall–Kier alpha value is -2.57. The van der Waals surface area contributed by atoms with Gasteiger partial charge in [-0.3, -0.25) is 4.99 Å². The van der Waals surface area contributed by atoms with Crippen molar-refractivity contribution in [1.29, 1.82) is 0 Å². The first-order valence-corrected chi connectivity index (χ1v) is 6.36. The molecule has 22 heavy (non-hydrogen) atoms. The zero-order valence-corrected chi connectivity index (χ0v) is 11.8. The van der Waals surface area contributed by atoms with Crippen molar-refractivity contribution in [1.82, 2.24) is 4.98 Å². The van der Waals surface area contributed by atoms with Crippen LogP contribution in [0.5, 0.6) is 5.88 Å². The number of amidine groups is 1. The highest BCUT2D eigenvalue weighted by Crippen LogP contribution is 2.29. The molecule has 0 aliphatic heterocycles. The first kappa shape index (κ1) is 15.8. The first-order valence-electron chi connectivity index (χ1n) is 6.36. The SMILES string of the molecule is COc1cc(C(N)=NCc2ccc(C(F)(F)F)cc2)ccn1. The molecule has 1 heterocycles. The molecule has 2 aromatic rings. The molecule has 116 valence electrons. The summed E-state index contributed by atoms with van der Waals surface area (Å²) in [5.74, 6) is 0.672. The summed E-state index contributed by atoms with van der Waals surface area (Å²) < 4.78 is 42.4. The largest absolute Gasteiger partial charge is 0.481 e. The summed E-state index contributed by atoms with van der Waals surface area (Å²) in [4.78, 5) is 8.11. The highest BCUT2D eigenvalue weighted by atomic mass is 19.4. The van der Waals surface area contributed by atoms with E-state index < -0.39 is 11.7 Å². The summed E-state index contributed by atoms with van der Waals surface area (Å²) in [7, 11) is 1.49. The number of pyridine rings is 1. The van der Waals surface area contributed by atoms with Gasteiger partial charge in [0.1, 0.15) is 5.84 Å². The van der Waals surface area contributed by atoms with Gasteiger partial charge in [0, 0.05) is 17.8 Å². The topological polar surface area (TPSA) is 60.5 Å². The molecule has 0 unspecified atom stereocenters. The lowest BCUT2D eigenvalue weighted by Gasteiger charge is -2.07. The Balaban J connectivity index is 2.10. The minimum atomic E-state index is -4.34. The maximum Gasteiger partial charge on any atom is 0.416 e. The maximum absolute atomic E-state index is 12.5. The Kier molecular flexibility index (Phi) is 4.65. The van der Waals surface area contributed by atoms with Gasteiger partial charge in [-0.1, -0.05) is 12.1 Å². The van der Waals surface area contributed by atoms with E-state index in [4.69, 9.17) is 10.5 Å². The summed E-state index contributed by atoms with van der Waals surface area (Å²) in [6.07, 6.45) is -2.80. The second-order valence-corrected chi connectivity index (χ2v) is 4.48. The lowest BCUT2D eigenvalue weighted by molar-refractivity contribution is -0.137. The monoisotopic (exact) mass is 309 g/mol. The van der Waals surface area contributed by atoms with Crippen LogP contribution in [0.4, 0.5) is 13.2 Å². The predicted molar refractivity (Wildman–Crippen MR) is 76.7 cm³/mol. The Morgan fingerprint density at radius 3 is 2.50 bits per heavy atom. The van der Waals surface area contributed by atoms with Gasteiger partial charge in [0.2, 0.25) is 5.88 Å². The number of aromatic nitrogens is 1. The Bertz CT molecular complexity index is 666. The quantitative estimate of drug-likeness (QED) is 0.697. The van der Waals surface area contributed by atoms with Crippen molar-refractivity contribution in [3.63, 3.8) is 0 Å². The molecule has 0 bridgehead atoms. The van der Waals surface area contributed by atoms with Gasteiger partial charge in [-0.2, -0.15) is 13.2 Å². The molecule has 0 amide bonds. The van der Waals surface area contributed by atoms with Crippen molar-refractivity contribution in [2.24, 2.45) is 10.7 Å². The van der Waals surface area contributed by atoms with E-state index in [1.165, 1.54) is 25.4 Å².